The Bertz CT molecular complexity index is 569. The molecule has 0 amide bonds. The van der Waals surface area contributed by atoms with E-state index in [9.17, 15) is 0 Å². The van der Waals surface area contributed by atoms with Crippen molar-refractivity contribution in [2.75, 3.05) is 6.54 Å². The van der Waals surface area contributed by atoms with Gasteiger partial charge < -0.3 is 5.32 Å². The zero-order chi connectivity index (χ0) is 14.0. The second-order valence-electron chi connectivity index (χ2n) is 6.42. The molecule has 0 saturated carbocycles. The maximum Gasteiger partial charge on any atom is 0.0205 e. The van der Waals surface area contributed by atoms with Crippen LogP contribution in [0.25, 0.3) is 0 Å². The van der Waals surface area contributed by atoms with E-state index in [1.165, 1.54) is 29.7 Å². The fourth-order valence-corrected chi connectivity index (χ4v) is 3.86. The lowest BCUT2D eigenvalue weighted by Gasteiger charge is -2.24. The predicted molar refractivity (Wildman–Crippen MR) is 87.5 cm³/mol. The minimum Gasteiger partial charge on any atom is -0.312 e. The van der Waals surface area contributed by atoms with Crippen molar-refractivity contribution in [1.29, 1.82) is 0 Å². The highest BCUT2D eigenvalue weighted by molar-refractivity contribution is 7.10. The second-order valence-corrected chi connectivity index (χ2v) is 7.37. The van der Waals surface area contributed by atoms with Crippen LogP contribution in [0, 0.1) is 0 Å². The van der Waals surface area contributed by atoms with Gasteiger partial charge in [0.25, 0.3) is 0 Å². The van der Waals surface area contributed by atoms with Gasteiger partial charge in [-0.2, -0.15) is 0 Å². The third-order valence-electron chi connectivity index (χ3n) is 4.25. The Balaban J connectivity index is 1.57. The zero-order valence-corrected chi connectivity index (χ0v) is 13.2. The average Bonchev–Trinajstić information content (AvgIpc) is 3.09. The van der Waals surface area contributed by atoms with Crippen molar-refractivity contribution < 1.29 is 0 Å². The highest BCUT2D eigenvalue weighted by Crippen LogP contribution is 2.27. The van der Waals surface area contributed by atoms with Crippen molar-refractivity contribution in [2.24, 2.45) is 0 Å². The molecule has 2 aromatic rings. The van der Waals surface area contributed by atoms with Crippen LogP contribution in [-0.2, 0) is 24.8 Å². The summed E-state index contributed by atoms with van der Waals surface area (Å²) in [6.07, 6.45) is 3.87. The molecule has 3 rings (SSSR count). The molecule has 0 spiro atoms. The molecular formula is C18H23NS. The van der Waals surface area contributed by atoms with Crippen molar-refractivity contribution in [3.05, 3.63) is 57.3 Å². The molecule has 0 saturated heterocycles. The number of rotatable bonds is 5. The van der Waals surface area contributed by atoms with Gasteiger partial charge in [0.2, 0.25) is 0 Å². The molecule has 106 valence electrons. The normalized spacial score (nSPS) is 14.5. The monoisotopic (exact) mass is 285 g/mol. The van der Waals surface area contributed by atoms with Gasteiger partial charge in [-0.25, -0.2) is 0 Å². The van der Waals surface area contributed by atoms with Crippen molar-refractivity contribution in [3.63, 3.8) is 0 Å². The van der Waals surface area contributed by atoms with Crippen molar-refractivity contribution >= 4 is 11.3 Å². The summed E-state index contributed by atoms with van der Waals surface area (Å²) < 4.78 is 0. The van der Waals surface area contributed by atoms with E-state index in [0.29, 0.717) is 0 Å². The summed E-state index contributed by atoms with van der Waals surface area (Å²) in [7, 11) is 0. The molecule has 1 aliphatic rings. The Labute approximate surface area is 126 Å². The van der Waals surface area contributed by atoms with Crippen molar-refractivity contribution in [3.8, 4) is 0 Å². The quantitative estimate of drug-likeness (QED) is 0.863. The number of nitrogens with one attached hydrogen (secondary N) is 1. The lowest BCUT2D eigenvalue weighted by atomic mass is 9.91. The molecule has 1 aromatic carbocycles. The first-order chi connectivity index (χ1) is 9.65. The summed E-state index contributed by atoms with van der Waals surface area (Å²) in [6.45, 7) is 6.62. The van der Waals surface area contributed by atoms with E-state index in [-0.39, 0.29) is 5.41 Å². The lowest BCUT2D eigenvalue weighted by molar-refractivity contribution is 0.477. The number of hydrogen-bond donors (Lipinski definition) is 1. The SMILES string of the molecule is CC(C)(CNCc1ccc2c(c1)CCC2)c1cccs1. The minimum atomic E-state index is 0.213. The molecule has 2 heteroatoms. The van der Waals surface area contributed by atoms with E-state index < -0.39 is 0 Å². The molecule has 1 N–H and O–H groups in total. The first-order valence-corrected chi connectivity index (χ1v) is 8.38. The third kappa shape index (κ3) is 2.97. The van der Waals surface area contributed by atoms with E-state index >= 15 is 0 Å². The Morgan fingerprint density at radius 1 is 1.15 bits per heavy atom. The zero-order valence-electron chi connectivity index (χ0n) is 12.4. The van der Waals surface area contributed by atoms with Crippen LogP contribution in [0.5, 0.6) is 0 Å². The summed E-state index contributed by atoms with van der Waals surface area (Å²) in [5.74, 6) is 0. The van der Waals surface area contributed by atoms with Gasteiger partial charge in [-0.1, -0.05) is 38.1 Å². The van der Waals surface area contributed by atoms with Crippen LogP contribution in [0.4, 0.5) is 0 Å². The second kappa shape index (κ2) is 5.71. The van der Waals surface area contributed by atoms with Crippen LogP contribution >= 0.6 is 11.3 Å². The first kappa shape index (κ1) is 13.8. The summed E-state index contributed by atoms with van der Waals surface area (Å²) in [5, 5.41) is 5.79. The molecule has 0 bridgehead atoms. The van der Waals surface area contributed by atoms with Crippen LogP contribution in [0.15, 0.2) is 35.7 Å². The molecule has 1 aromatic heterocycles. The molecule has 1 heterocycles. The van der Waals surface area contributed by atoms with E-state index in [0.717, 1.165) is 13.1 Å². The Hall–Kier alpha value is -1.12. The van der Waals surface area contributed by atoms with E-state index in [1.54, 1.807) is 11.1 Å². The van der Waals surface area contributed by atoms with Gasteiger partial charge in [0, 0.05) is 23.4 Å². The number of aryl methyl sites for hydroxylation is 2. The number of benzene rings is 1. The van der Waals surface area contributed by atoms with Gasteiger partial charge >= 0.3 is 0 Å². The largest absolute Gasteiger partial charge is 0.312 e. The first-order valence-electron chi connectivity index (χ1n) is 7.50. The third-order valence-corrected chi connectivity index (χ3v) is 5.48. The number of fused-ring (bicyclic) bond motifs is 1. The Morgan fingerprint density at radius 2 is 2.00 bits per heavy atom. The molecule has 0 unspecified atom stereocenters. The van der Waals surface area contributed by atoms with Gasteiger partial charge in [-0.15, -0.1) is 11.3 Å². The molecule has 0 radical (unpaired) electrons. The predicted octanol–water partition coefficient (Wildman–Crippen LogP) is 4.30. The smallest absolute Gasteiger partial charge is 0.0205 e. The molecule has 0 fully saturated rings. The van der Waals surface area contributed by atoms with Crippen LogP contribution in [0.3, 0.4) is 0 Å². The van der Waals surface area contributed by atoms with E-state index in [4.69, 9.17) is 0 Å². The summed E-state index contributed by atoms with van der Waals surface area (Å²) in [5.41, 5.74) is 4.77. The molecule has 1 nitrogen and oxygen atoms in total. The Morgan fingerprint density at radius 3 is 2.80 bits per heavy atom. The maximum atomic E-state index is 3.63. The van der Waals surface area contributed by atoms with Gasteiger partial charge in [0.05, 0.1) is 0 Å². The molecule has 0 atom stereocenters. The van der Waals surface area contributed by atoms with Crippen LogP contribution < -0.4 is 5.32 Å². The summed E-state index contributed by atoms with van der Waals surface area (Å²) in [4.78, 5) is 1.46. The van der Waals surface area contributed by atoms with Gasteiger partial charge in [0.1, 0.15) is 0 Å². The lowest BCUT2D eigenvalue weighted by Crippen LogP contribution is -2.31. The topological polar surface area (TPSA) is 12.0 Å². The van der Waals surface area contributed by atoms with Crippen LogP contribution in [0.2, 0.25) is 0 Å². The molecular weight excluding hydrogens is 262 g/mol. The molecule has 20 heavy (non-hydrogen) atoms. The highest BCUT2D eigenvalue weighted by Gasteiger charge is 2.21. The van der Waals surface area contributed by atoms with Crippen molar-refractivity contribution in [2.45, 2.75) is 45.1 Å². The van der Waals surface area contributed by atoms with E-state index in [2.05, 4.69) is 54.9 Å². The van der Waals surface area contributed by atoms with Crippen LogP contribution in [0.1, 0.15) is 41.8 Å². The fraction of sp³-hybridized carbons (Fsp3) is 0.444. The summed E-state index contributed by atoms with van der Waals surface area (Å²) in [6, 6.07) is 11.4. The van der Waals surface area contributed by atoms with Gasteiger partial charge in [-0.3, -0.25) is 0 Å². The van der Waals surface area contributed by atoms with E-state index in [1.807, 2.05) is 11.3 Å². The minimum absolute atomic E-state index is 0.213. The van der Waals surface area contributed by atoms with Crippen molar-refractivity contribution in [1.82, 2.24) is 5.32 Å². The highest BCUT2D eigenvalue weighted by atomic mass is 32.1. The van der Waals surface area contributed by atoms with Gasteiger partial charge in [-0.05, 0) is 47.4 Å². The maximum absolute atomic E-state index is 3.63. The average molecular weight is 285 g/mol. The van der Waals surface area contributed by atoms with Crippen LogP contribution in [-0.4, -0.2) is 6.54 Å². The molecule has 1 aliphatic carbocycles. The fourth-order valence-electron chi connectivity index (χ4n) is 3.01. The standard InChI is InChI=1S/C18H23NS/c1-18(2,17-7-4-10-20-17)13-19-12-14-8-9-15-5-3-6-16(15)11-14/h4,7-11,19H,3,5-6,12-13H2,1-2H3. The Kier molecular flexibility index (Phi) is 3.95. The number of hydrogen-bond acceptors (Lipinski definition) is 2. The number of thiophene rings is 1. The molecule has 0 aliphatic heterocycles. The summed E-state index contributed by atoms with van der Waals surface area (Å²) >= 11 is 1.85. The van der Waals surface area contributed by atoms with Gasteiger partial charge in [0.15, 0.2) is 0 Å².